The van der Waals surface area contributed by atoms with E-state index in [0.29, 0.717) is 11.7 Å². The summed E-state index contributed by atoms with van der Waals surface area (Å²) in [6, 6.07) is 5.76. The van der Waals surface area contributed by atoms with Crippen molar-refractivity contribution in [2.75, 3.05) is 14.2 Å². The molecule has 1 aromatic carbocycles. The number of rotatable bonds is 4. The zero-order valence-corrected chi connectivity index (χ0v) is 14.9. The average Bonchev–Trinajstić information content (AvgIpc) is 3.30. The third-order valence-electron chi connectivity index (χ3n) is 3.42. The molecule has 21 heavy (non-hydrogen) atoms. The van der Waals surface area contributed by atoms with E-state index in [2.05, 4.69) is 41.8 Å². The zero-order chi connectivity index (χ0) is 15.0. The lowest BCUT2D eigenvalue weighted by Gasteiger charge is -2.13. The average molecular weight is 414 g/mol. The van der Waals surface area contributed by atoms with Crippen molar-refractivity contribution in [3.63, 3.8) is 0 Å². The lowest BCUT2D eigenvalue weighted by atomic mass is 10.1. The summed E-state index contributed by atoms with van der Waals surface area (Å²) >= 11 is 6.99. The Balaban J connectivity index is 2.13. The van der Waals surface area contributed by atoms with Crippen LogP contribution in [0.3, 0.4) is 0 Å². The molecule has 1 heterocycles. The monoisotopic (exact) mass is 412 g/mol. The molecule has 0 radical (unpaired) electrons. The second-order valence-corrected chi connectivity index (χ2v) is 6.48. The summed E-state index contributed by atoms with van der Waals surface area (Å²) in [6.45, 7) is 0. The van der Waals surface area contributed by atoms with Crippen LogP contribution in [0.1, 0.15) is 24.6 Å². The first-order chi connectivity index (χ1) is 10.1. The van der Waals surface area contributed by atoms with E-state index < -0.39 is 0 Å². The molecule has 0 atom stereocenters. The van der Waals surface area contributed by atoms with Crippen LogP contribution in [0.5, 0.6) is 11.5 Å². The number of hydrogen-bond donors (Lipinski definition) is 0. The van der Waals surface area contributed by atoms with Crippen molar-refractivity contribution >= 4 is 31.9 Å². The Bertz CT molecular complexity index is 688. The number of ether oxygens (including phenoxy) is 2. The summed E-state index contributed by atoms with van der Waals surface area (Å²) in [6.07, 6.45) is 2.33. The fourth-order valence-electron chi connectivity index (χ4n) is 2.19. The Morgan fingerprint density at radius 1 is 1.10 bits per heavy atom. The van der Waals surface area contributed by atoms with Crippen LogP contribution in [0.25, 0.3) is 11.3 Å². The van der Waals surface area contributed by atoms with Gasteiger partial charge in [-0.05, 0) is 62.9 Å². The van der Waals surface area contributed by atoms with Crippen LogP contribution in [0.4, 0.5) is 0 Å². The number of benzene rings is 1. The van der Waals surface area contributed by atoms with E-state index in [1.165, 1.54) is 12.8 Å². The van der Waals surface area contributed by atoms with Gasteiger partial charge in [0.2, 0.25) is 0 Å². The van der Waals surface area contributed by atoms with Crippen LogP contribution < -0.4 is 9.47 Å². The number of aromatic nitrogens is 2. The van der Waals surface area contributed by atoms with Crippen LogP contribution in [0.15, 0.2) is 27.3 Å². The van der Waals surface area contributed by atoms with Gasteiger partial charge in [-0.3, -0.25) is 0 Å². The molecule has 3 rings (SSSR count). The van der Waals surface area contributed by atoms with Crippen molar-refractivity contribution in [1.82, 2.24) is 9.97 Å². The lowest BCUT2D eigenvalue weighted by molar-refractivity contribution is 0.390. The quantitative estimate of drug-likeness (QED) is 0.689. The molecule has 1 aliphatic carbocycles. The standard InChI is InChI=1S/C15H14Br2N2O2/c1-20-11-6-5-9(14(21-2)13(11)17)10-7-12(16)19-15(18-10)8-3-4-8/h5-8H,3-4H2,1-2H3. The highest BCUT2D eigenvalue weighted by Crippen LogP contribution is 2.43. The van der Waals surface area contributed by atoms with Crippen molar-refractivity contribution in [3.05, 3.63) is 33.1 Å². The summed E-state index contributed by atoms with van der Waals surface area (Å²) in [7, 11) is 3.27. The first-order valence-electron chi connectivity index (χ1n) is 6.59. The minimum Gasteiger partial charge on any atom is -0.495 e. The second kappa shape index (κ2) is 5.93. The Kier molecular flexibility index (Phi) is 4.17. The number of nitrogens with zero attached hydrogens (tertiary/aromatic N) is 2. The van der Waals surface area contributed by atoms with Crippen molar-refractivity contribution in [2.24, 2.45) is 0 Å². The lowest BCUT2D eigenvalue weighted by Crippen LogP contribution is -1.98. The van der Waals surface area contributed by atoms with Crippen molar-refractivity contribution in [1.29, 1.82) is 0 Å². The molecule has 1 aromatic heterocycles. The van der Waals surface area contributed by atoms with Crippen LogP contribution in [-0.4, -0.2) is 24.2 Å². The third-order valence-corrected chi connectivity index (χ3v) is 4.57. The van der Waals surface area contributed by atoms with Crippen LogP contribution in [0.2, 0.25) is 0 Å². The smallest absolute Gasteiger partial charge is 0.146 e. The van der Waals surface area contributed by atoms with Crippen LogP contribution >= 0.6 is 31.9 Å². The molecule has 1 aliphatic rings. The fourth-order valence-corrected chi connectivity index (χ4v) is 3.26. The largest absolute Gasteiger partial charge is 0.495 e. The van der Waals surface area contributed by atoms with E-state index in [1.54, 1.807) is 14.2 Å². The predicted octanol–water partition coefficient (Wildman–Crippen LogP) is 4.56. The van der Waals surface area contributed by atoms with Crippen molar-refractivity contribution in [3.8, 4) is 22.8 Å². The highest BCUT2D eigenvalue weighted by Gasteiger charge is 2.27. The van der Waals surface area contributed by atoms with Gasteiger partial charge >= 0.3 is 0 Å². The molecule has 6 heteroatoms. The van der Waals surface area contributed by atoms with E-state index in [-0.39, 0.29) is 0 Å². The maximum Gasteiger partial charge on any atom is 0.146 e. The summed E-state index contributed by atoms with van der Waals surface area (Å²) in [5.41, 5.74) is 1.76. The maximum atomic E-state index is 5.53. The molecule has 1 saturated carbocycles. The molecule has 0 amide bonds. The predicted molar refractivity (Wildman–Crippen MR) is 87.9 cm³/mol. The SMILES string of the molecule is COc1ccc(-c2cc(Br)nc(C3CC3)n2)c(OC)c1Br. The number of hydrogen-bond acceptors (Lipinski definition) is 4. The highest BCUT2D eigenvalue weighted by molar-refractivity contribution is 9.10. The molecule has 0 spiro atoms. The summed E-state index contributed by atoms with van der Waals surface area (Å²) in [5.74, 6) is 2.83. The normalized spacial score (nSPS) is 14.1. The van der Waals surface area contributed by atoms with E-state index in [1.807, 2.05) is 18.2 Å². The van der Waals surface area contributed by atoms with Gasteiger partial charge in [-0.1, -0.05) is 0 Å². The molecule has 0 saturated heterocycles. The third kappa shape index (κ3) is 2.92. The van der Waals surface area contributed by atoms with Crippen LogP contribution in [0, 0.1) is 0 Å². The fraction of sp³-hybridized carbons (Fsp3) is 0.333. The van der Waals surface area contributed by atoms with E-state index in [4.69, 9.17) is 9.47 Å². The molecule has 0 bridgehead atoms. The zero-order valence-electron chi connectivity index (χ0n) is 11.7. The van der Waals surface area contributed by atoms with Gasteiger partial charge in [-0.25, -0.2) is 9.97 Å². The molecule has 4 nitrogen and oxygen atoms in total. The van der Waals surface area contributed by atoms with Gasteiger partial charge in [-0.2, -0.15) is 0 Å². The Hall–Kier alpha value is -1.14. The summed E-state index contributed by atoms with van der Waals surface area (Å²) < 4.78 is 12.4. The van der Waals surface area contributed by atoms with E-state index >= 15 is 0 Å². The minimum atomic E-state index is 0.494. The van der Waals surface area contributed by atoms with Gasteiger partial charge in [0.25, 0.3) is 0 Å². The van der Waals surface area contributed by atoms with E-state index in [9.17, 15) is 0 Å². The highest BCUT2D eigenvalue weighted by atomic mass is 79.9. The first kappa shape index (κ1) is 14.8. The second-order valence-electron chi connectivity index (χ2n) is 4.87. The molecule has 1 fully saturated rings. The molecular formula is C15H14Br2N2O2. The number of methoxy groups -OCH3 is 2. The van der Waals surface area contributed by atoms with Gasteiger partial charge in [-0.15, -0.1) is 0 Å². The van der Waals surface area contributed by atoms with Gasteiger partial charge in [0, 0.05) is 11.5 Å². The maximum absolute atomic E-state index is 5.53. The van der Waals surface area contributed by atoms with Gasteiger partial charge in [0.05, 0.1) is 19.9 Å². The summed E-state index contributed by atoms with van der Waals surface area (Å²) in [4.78, 5) is 9.15. The molecular weight excluding hydrogens is 400 g/mol. The molecule has 2 aromatic rings. The van der Waals surface area contributed by atoms with Crippen molar-refractivity contribution in [2.45, 2.75) is 18.8 Å². The Morgan fingerprint density at radius 2 is 1.86 bits per heavy atom. The first-order valence-corrected chi connectivity index (χ1v) is 8.18. The Morgan fingerprint density at radius 3 is 2.48 bits per heavy atom. The molecule has 0 unspecified atom stereocenters. The molecule has 0 aliphatic heterocycles. The summed E-state index contributed by atoms with van der Waals surface area (Å²) in [5, 5.41) is 0. The van der Waals surface area contributed by atoms with Crippen molar-refractivity contribution < 1.29 is 9.47 Å². The van der Waals surface area contributed by atoms with Gasteiger partial charge in [0.1, 0.15) is 26.4 Å². The van der Waals surface area contributed by atoms with Crippen LogP contribution in [-0.2, 0) is 0 Å². The molecule has 110 valence electrons. The topological polar surface area (TPSA) is 44.2 Å². The minimum absolute atomic E-state index is 0.494. The molecule has 0 N–H and O–H groups in total. The Labute approximate surface area is 140 Å². The van der Waals surface area contributed by atoms with E-state index in [0.717, 1.165) is 31.9 Å². The van der Waals surface area contributed by atoms with Gasteiger partial charge < -0.3 is 9.47 Å². The number of halogens is 2. The van der Waals surface area contributed by atoms with Gasteiger partial charge in [0.15, 0.2) is 0 Å².